The van der Waals surface area contributed by atoms with Crippen molar-refractivity contribution in [2.45, 2.75) is 137 Å². The second-order valence-electron chi connectivity index (χ2n) is 11.9. The van der Waals surface area contributed by atoms with Crippen LogP contribution in [0.2, 0.25) is 0 Å². The van der Waals surface area contributed by atoms with Crippen molar-refractivity contribution in [1.29, 1.82) is 0 Å². The van der Waals surface area contributed by atoms with Gasteiger partial charge in [0.2, 0.25) is 5.91 Å². The molecule has 21 heteroatoms. The van der Waals surface area contributed by atoms with E-state index in [4.69, 9.17) is 33.2 Å². The van der Waals surface area contributed by atoms with Gasteiger partial charge in [-0.1, -0.05) is 0 Å². The van der Waals surface area contributed by atoms with Crippen LogP contribution in [-0.2, 0) is 38.0 Å². The number of aliphatic hydroxyl groups is 12. The zero-order chi connectivity index (χ0) is 34.9. The van der Waals surface area contributed by atoms with E-state index in [0.29, 0.717) is 0 Å². The van der Waals surface area contributed by atoms with E-state index in [1.165, 1.54) is 6.92 Å². The second-order valence-corrected chi connectivity index (χ2v) is 11.9. The third-order valence-electron chi connectivity index (χ3n) is 8.57. The predicted octanol–water partition coefficient (Wildman–Crippen LogP) is -8.58. The van der Waals surface area contributed by atoms with Gasteiger partial charge in [0.05, 0.1) is 25.9 Å². The number of ether oxygens (including phenoxy) is 7. The van der Waals surface area contributed by atoms with E-state index in [0.717, 1.165) is 6.92 Å². The van der Waals surface area contributed by atoms with Gasteiger partial charge in [-0.05, 0) is 6.92 Å². The minimum Gasteiger partial charge on any atom is -0.394 e. The standard InChI is InChI=1S/C26H45NO20/c1-6-12(32)17(37)18(38)25(41-6)47-22-21(46-24-11(27-7(2)31)16(36)13(33)8(3-28)43-24)15(35)10(5-30)44-26(22)45-20-14(34)9(4-29)42-23(40)19(20)39/h6,8-26,28-30,32-40H,3-5H2,1-2H3,(H,27,31)/t6-,8+,9+,10+,11+,12+,13+,14-,15-,16+,17+,18-,19+,20-,21-,22+,23+,24-,25-,26+/m0/s1. The number of aliphatic hydroxyl groups excluding tert-OH is 12. The van der Waals surface area contributed by atoms with Crippen molar-refractivity contribution >= 4 is 5.91 Å². The topological polar surface area (TPSA) is 336 Å². The van der Waals surface area contributed by atoms with Gasteiger partial charge in [-0.15, -0.1) is 0 Å². The molecular weight excluding hydrogens is 646 g/mol. The summed E-state index contributed by atoms with van der Waals surface area (Å²) in [5, 5.41) is 127. The summed E-state index contributed by atoms with van der Waals surface area (Å²) < 4.78 is 39.5. The quantitative estimate of drug-likeness (QED) is 0.101. The fourth-order valence-electron chi connectivity index (χ4n) is 5.86. The van der Waals surface area contributed by atoms with Crippen molar-refractivity contribution in [2.75, 3.05) is 19.8 Å². The summed E-state index contributed by atoms with van der Waals surface area (Å²) in [4.78, 5) is 12.0. The zero-order valence-electron chi connectivity index (χ0n) is 25.3. The van der Waals surface area contributed by atoms with Crippen LogP contribution >= 0.6 is 0 Å². The van der Waals surface area contributed by atoms with Crippen LogP contribution in [0.3, 0.4) is 0 Å². The third kappa shape index (κ3) is 8.04. The van der Waals surface area contributed by atoms with Crippen LogP contribution in [0.15, 0.2) is 0 Å². The van der Waals surface area contributed by atoms with Crippen molar-refractivity contribution in [3.05, 3.63) is 0 Å². The van der Waals surface area contributed by atoms with Crippen LogP contribution in [0.4, 0.5) is 0 Å². The highest BCUT2D eigenvalue weighted by Gasteiger charge is 2.56. The Morgan fingerprint density at radius 1 is 0.553 bits per heavy atom. The zero-order valence-corrected chi connectivity index (χ0v) is 25.3. The van der Waals surface area contributed by atoms with E-state index in [1.807, 2.05) is 0 Å². The minimum atomic E-state index is -1.98. The van der Waals surface area contributed by atoms with E-state index in [9.17, 15) is 66.1 Å². The van der Waals surface area contributed by atoms with Gasteiger partial charge in [0.25, 0.3) is 0 Å². The molecule has 4 aliphatic rings. The molecule has 4 saturated heterocycles. The Hall–Kier alpha value is -1.29. The van der Waals surface area contributed by atoms with Crippen LogP contribution in [0, 0.1) is 0 Å². The van der Waals surface area contributed by atoms with Crippen LogP contribution in [0.25, 0.3) is 0 Å². The van der Waals surface area contributed by atoms with Crippen molar-refractivity contribution in [1.82, 2.24) is 5.32 Å². The van der Waals surface area contributed by atoms with E-state index in [1.54, 1.807) is 0 Å². The second kappa shape index (κ2) is 16.2. The van der Waals surface area contributed by atoms with Crippen molar-refractivity contribution < 1.29 is 99.2 Å². The molecule has 0 bridgehead atoms. The number of hydrogen-bond acceptors (Lipinski definition) is 20. The molecule has 13 N–H and O–H groups in total. The number of carbonyl (C=O) groups excluding carboxylic acids is 1. The summed E-state index contributed by atoms with van der Waals surface area (Å²) in [5.41, 5.74) is 0. The molecular formula is C26H45NO20. The minimum absolute atomic E-state index is 0.713. The molecule has 4 aliphatic heterocycles. The first-order valence-corrected chi connectivity index (χ1v) is 15.0. The summed E-state index contributed by atoms with van der Waals surface area (Å²) in [6, 6.07) is -1.54. The summed E-state index contributed by atoms with van der Waals surface area (Å²) >= 11 is 0. The number of nitrogens with one attached hydrogen (secondary N) is 1. The van der Waals surface area contributed by atoms with Gasteiger partial charge >= 0.3 is 0 Å². The van der Waals surface area contributed by atoms with Gasteiger partial charge in [-0.3, -0.25) is 4.79 Å². The Morgan fingerprint density at radius 3 is 1.66 bits per heavy atom. The van der Waals surface area contributed by atoms with Gasteiger partial charge in [-0.25, -0.2) is 0 Å². The van der Waals surface area contributed by atoms with E-state index in [-0.39, 0.29) is 0 Å². The largest absolute Gasteiger partial charge is 0.394 e. The monoisotopic (exact) mass is 691 g/mol. The molecule has 0 aliphatic carbocycles. The molecule has 0 spiro atoms. The normalized spacial score (nSPS) is 51.0. The molecule has 0 radical (unpaired) electrons. The predicted molar refractivity (Wildman–Crippen MR) is 144 cm³/mol. The molecule has 0 aromatic carbocycles. The maximum absolute atomic E-state index is 12.0. The maximum Gasteiger partial charge on any atom is 0.217 e. The highest BCUT2D eigenvalue weighted by atomic mass is 16.8. The maximum atomic E-state index is 12.0. The summed E-state index contributed by atoms with van der Waals surface area (Å²) in [5.74, 6) is -0.713. The third-order valence-corrected chi connectivity index (χ3v) is 8.57. The van der Waals surface area contributed by atoms with E-state index < -0.39 is 148 Å². The first-order valence-electron chi connectivity index (χ1n) is 15.0. The average molecular weight is 692 g/mol. The molecule has 0 aromatic heterocycles. The van der Waals surface area contributed by atoms with E-state index >= 15 is 0 Å². The van der Waals surface area contributed by atoms with Crippen molar-refractivity contribution in [3.63, 3.8) is 0 Å². The number of amides is 1. The molecule has 0 aromatic rings. The lowest BCUT2D eigenvalue weighted by Crippen LogP contribution is -2.69. The summed E-state index contributed by atoms with van der Waals surface area (Å²) in [7, 11) is 0. The fraction of sp³-hybridized carbons (Fsp3) is 0.962. The van der Waals surface area contributed by atoms with E-state index in [2.05, 4.69) is 5.32 Å². The van der Waals surface area contributed by atoms with Gasteiger partial charge < -0.3 is 99.8 Å². The lowest BCUT2D eigenvalue weighted by atomic mass is 9.94. The SMILES string of the molecule is CC(=O)N[C@H]1[C@H](O[C@H]2[C@@H](O)[C@@H](CO)O[C@H](O[C@@H]3[C@@H](O)[C@H](O)O[C@H](CO)[C@@H]3O)[C@@H]2O[C@@H]2O[C@@H](C)[C@@H](O)[C@@H](O)[C@@H]2O)O[C@H](CO)[C@@H](O)[C@@H]1O. The molecule has 20 atom stereocenters. The molecule has 4 rings (SSSR count). The van der Waals surface area contributed by atoms with Gasteiger partial charge in [0.1, 0.15) is 91.5 Å². The average Bonchev–Trinajstić information content (AvgIpc) is 3.04. The smallest absolute Gasteiger partial charge is 0.217 e. The Labute approximate surface area is 267 Å². The molecule has 274 valence electrons. The first kappa shape index (κ1) is 38.5. The molecule has 1 amide bonds. The molecule has 0 saturated carbocycles. The molecule has 4 heterocycles. The lowest BCUT2D eigenvalue weighted by Gasteiger charge is -2.50. The lowest BCUT2D eigenvalue weighted by molar-refractivity contribution is -0.400. The number of rotatable bonds is 10. The van der Waals surface area contributed by atoms with Crippen molar-refractivity contribution in [2.24, 2.45) is 0 Å². The number of hydrogen-bond donors (Lipinski definition) is 13. The van der Waals surface area contributed by atoms with Gasteiger partial charge in [-0.2, -0.15) is 0 Å². The summed E-state index contributed by atoms with van der Waals surface area (Å²) in [6.45, 7) is -0.159. The number of carbonyl (C=O) groups is 1. The Bertz CT molecular complexity index is 1010. The van der Waals surface area contributed by atoms with Crippen LogP contribution in [0.1, 0.15) is 13.8 Å². The highest BCUT2D eigenvalue weighted by Crippen LogP contribution is 2.35. The van der Waals surface area contributed by atoms with Gasteiger partial charge in [0, 0.05) is 6.92 Å². The summed E-state index contributed by atoms with van der Waals surface area (Å²) in [6.07, 6.45) is -33.2. The Kier molecular flexibility index (Phi) is 13.2. The molecule has 4 fully saturated rings. The Morgan fingerprint density at radius 2 is 1.06 bits per heavy atom. The Balaban J connectivity index is 1.73. The van der Waals surface area contributed by atoms with Gasteiger partial charge in [0.15, 0.2) is 25.2 Å². The van der Waals surface area contributed by atoms with Crippen molar-refractivity contribution in [3.8, 4) is 0 Å². The fourth-order valence-corrected chi connectivity index (χ4v) is 5.86. The van der Waals surface area contributed by atoms with Crippen LogP contribution in [-0.4, -0.2) is 210 Å². The van der Waals surface area contributed by atoms with Crippen LogP contribution in [0.5, 0.6) is 0 Å². The molecule has 21 nitrogen and oxygen atoms in total. The van der Waals surface area contributed by atoms with Crippen LogP contribution < -0.4 is 5.32 Å². The first-order chi connectivity index (χ1) is 22.1. The highest BCUT2D eigenvalue weighted by molar-refractivity contribution is 5.73. The molecule has 0 unspecified atom stereocenters. The molecule has 47 heavy (non-hydrogen) atoms.